The molecule has 0 amide bonds. The second kappa shape index (κ2) is 12.7. The van der Waals surface area contributed by atoms with Gasteiger partial charge < -0.3 is 4.57 Å². The molecule has 0 atom stereocenters. The van der Waals surface area contributed by atoms with Crippen molar-refractivity contribution >= 4 is 43.6 Å². The van der Waals surface area contributed by atoms with Crippen LogP contribution < -0.4 is 0 Å². The topological polar surface area (TPSA) is 48.5 Å². The zero-order chi connectivity index (χ0) is 39.2. The van der Waals surface area contributed by atoms with E-state index in [-0.39, 0.29) is 5.41 Å². The van der Waals surface area contributed by atoms with Crippen molar-refractivity contribution in [1.82, 2.24) is 24.1 Å². The van der Waals surface area contributed by atoms with Crippen molar-refractivity contribution in [3.63, 3.8) is 0 Å². The van der Waals surface area contributed by atoms with Crippen LogP contribution in [0.3, 0.4) is 0 Å². The van der Waals surface area contributed by atoms with Gasteiger partial charge in [0.05, 0.1) is 22.1 Å². The first-order chi connectivity index (χ1) is 29.0. The summed E-state index contributed by atoms with van der Waals surface area (Å²) in [7, 11) is 0. The van der Waals surface area contributed by atoms with E-state index >= 15 is 0 Å². The van der Waals surface area contributed by atoms with Gasteiger partial charge in [-0.25, -0.2) is 4.98 Å². The van der Waals surface area contributed by atoms with Crippen LogP contribution in [0, 0.1) is 0 Å². The molecule has 3 aromatic heterocycles. The summed E-state index contributed by atoms with van der Waals surface area (Å²) in [6.45, 7) is 4.62. The normalized spacial score (nSPS) is 13.1. The molecule has 5 nitrogen and oxygen atoms in total. The molecule has 0 saturated carbocycles. The Morgan fingerprint density at radius 3 is 1.66 bits per heavy atom. The van der Waals surface area contributed by atoms with Gasteiger partial charge in [-0.05, 0) is 63.7 Å². The highest BCUT2D eigenvalue weighted by molar-refractivity contribution is 6.23. The van der Waals surface area contributed by atoms with E-state index in [0.717, 1.165) is 55.2 Å². The second-order valence-corrected chi connectivity index (χ2v) is 16.1. The van der Waals surface area contributed by atoms with Crippen LogP contribution in [0.15, 0.2) is 188 Å². The van der Waals surface area contributed by atoms with Crippen molar-refractivity contribution in [1.29, 1.82) is 0 Å². The smallest absolute Gasteiger partial charge is 0.238 e. The van der Waals surface area contributed by atoms with Gasteiger partial charge in [0.2, 0.25) is 5.95 Å². The fourth-order valence-electron chi connectivity index (χ4n) is 9.60. The number of hydrogen-bond donors (Lipinski definition) is 0. The molecule has 0 fully saturated rings. The number of fused-ring (bicyclic) bond motifs is 10. The molecular formula is C54H37N5. The molecule has 0 saturated heterocycles. The van der Waals surface area contributed by atoms with Crippen LogP contribution in [0.1, 0.15) is 25.0 Å². The number of rotatable bonds is 5. The quantitative estimate of drug-likeness (QED) is 0.176. The highest BCUT2D eigenvalue weighted by atomic mass is 15.2. The molecule has 0 bridgehead atoms. The van der Waals surface area contributed by atoms with Crippen molar-refractivity contribution in [2.45, 2.75) is 19.3 Å². The fourth-order valence-corrected chi connectivity index (χ4v) is 9.60. The maximum absolute atomic E-state index is 5.44. The van der Waals surface area contributed by atoms with E-state index in [1.165, 1.54) is 38.6 Å². The molecule has 1 aliphatic carbocycles. The van der Waals surface area contributed by atoms with Crippen LogP contribution in [0.4, 0.5) is 0 Å². The zero-order valence-electron chi connectivity index (χ0n) is 32.6. The Morgan fingerprint density at radius 1 is 0.373 bits per heavy atom. The van der Waals surface area contributed by atoms with Crippen molar-refractivity contribution in [2.24, 2.45) is 0 Å². The number of nitrogens with zero attached hydrogens (tertiary/aromatic N) is 5. The Balaban J connectivity index is 1.18. The molecule has 1 aliphatic rings. The number of hydrogen-bond acceptors (Lipinski definition) is 3. The van der Waals surface area contributed by atoms with Gasteiger partial charge in [0.15, 0.2) is 11.6 Å². The van der Waals surface area contributed by atoms with Crippen LogP contribution in [-0.2, 0) is 5.41 Å². The molecule has 11 aromatic rings. The average molecular weight is 756 g/mol. The van der Waals surface area contributed by atoms with E-state index in [1.807, 2.05) is 18.2 Å². The van der Waals surface area contributed by atoms with Crippen molar-refractivity contribution < 1.29 is 0 Å². The van der Waals surface area contributed by atoms with Crippen LogP contribution in [0.25, 0.3) is 100 Å². The number of para-hydroxylation sites is 2. The molecule has 0 N–H and O–H groups in total. The first kappa shape index (κ1) is 33.5. The van der Waals surface area contributed by atoms with Crippen molar-refractivity contribution in [3.05, 3.63) is 199 Å². The first-order valence-electron chi connectivity index (χ1n) is 20.2. The minimum atomic E-state index is -0.0999. The van der Waals surface area contributed by atoms with E-state index in [0.29, 0.717) is 17.6 Å². The highest BCUT2D eigenvalue weighted by Crippen LogP contribution is 2.49. The lowest BCUT2D eigenvalue weighted by Crippen LogP contribution is -2.14. The van der Waals surface area contributed by atoms with Gasteiger partial charge in [-0.3, -0.25) is 4.57 Å². The second-order valence-electron chi connectivity index (χ2n) is 16.1. The Morgan fingerprint density at radius 2 is 0.932 bits per heavy atom. The van der Waals surface area contributed by atoms with Crippen LogP contribution in [0.2, 0.25) is 0 Å². The molecule has 0 unspecified atom stereocenters. The van der Waals surface area contributed by atoms with Crippen LogP contribution in [0.5, 0.6) is 0 Å². The first-order valence-corrected chi connectivity index (χ1v) is 20.2. The SMILES string of the molecule is CC1(C)c2ccccc2-c2cc(-c3nc(-c4ccccc4)nc(-n4c5ccccc5c5ccc6c7ccccc7n(-c7cccc(-c8ccccc8)c7)c6c54)n3)ccc21. The summed E-state index contributed by atoms with van der Waals surface area (Å²) in [4.78, 5) is 16.0. The molecule has 12 rings (SSSR count). The predicted molar refractivity (Wildman–Crippen MR) is 242 cm³/mol. The summed E-state index contributed by atoms with van der Waals surface area (Å²) < 4.78 is 4.70. The Hall–Kier alpha value is -7.63. The molecule has 0 aliphatic heterocycles. The summed E-state index contributed by atoms with van der Waals surface area (Å²) >= 11 is 0. The van der Waals surface area contributed by atoms with Gasteiger partial charge in [-0.2, -0.15) is 9.97 Å². The number of aromatic nitrogens is 5. The maximum Gasteiger partial charge on any atom is 0.238 e. The molecule has 3 heterocycles. The van der Waals surface area contributed by atoms with Gasteiger partial charge in [0.1, 0.15) is 0 Å². The van der Waals surface area contributed by atoms with Crippen molar-refractivity contribution in [2.75, 3.05) is 0 Å². The summed E-state index contributed by atoms with van der Waals surface area (Å²) in [6, 6.07) is 67.1. The molecule has 0 radical (unpaired) electrons. The third-order valence-electron chi connectivity index (χ3n) is 12.4. The Bertz CT molecular complexity index is 3470. The monoisotopic (exact) mass is 755 g/mol. The lowest BCUT2D eigenvalue weighted by molar-refractivity contribution is 0.660. The molecule has 278 valence electrons. The lowest BCUT2D eigenvalue weighted by atomic mass is 9.82. The Labute approximate surface area is 341 Å². The summed E-state index contributed by atoms with van der Waals surface area (Å²) in [6.07, 6.45) is 0. The summed E-state index contributed by atoms with van der Waals surface area (Å²) in [5.74, 6) is 1.83. The lowest BCUT2D eigenvalue weighted by Gasteiger charge is -2.21. The largest absolute Gasteiger partial charge is 0.307 e. The van der Waals surface area contributed by atoms with E-state index in [9.17, 15) is 0 Å². The minimum Gasteiger partial charge on any atom is -0.307 e. The van der Waals surface area contributed by atoms with Gasteiger partial charge in [0, 0.05) is 43.8 Å². The zero-order valence-corrected chi connectivity index (χ0v) is 32.6. The molecule has 5 heteroatoms. The molecular weight excluding hydrogens is 719 g/mol. The fraction of sp³-hybridized carbons (Fsp3) is 0.0556. The van der Waals surface area contributed by atoms with E-state index in [2.05, 4.69) is 193 Å². The predicted octanol–water partition coefficient (Wildman–Crippen LogP) is 13.4. The van der Waals surface area contributed by atoms with Crippen LogP contribution in [-0.4, -0.2) is 24.1 Å². The summed E-state index contributed by atoms with van der Waals surface area (Å²) in [5.41, 5.74) is 14.7. The molecule has 8 aromatic carbocycles. The van der Waals surface area contributed by atoms with Gasteiger partial charge >= 0.3 is 0 Å². The van der Waals surface area contributed by atoms with E-state index < -0.39 is 0 Å². The maximum atomic E-state index is 5.44. The third kappa shape index (κ3) is 5.01. The van der Waals surface area contributed by atoms with Gasteiger partial charge in [-0.15, -0.1) is 0 Å². The van der Waals surface area contributed by atoms with Crippen molar-refractivity contribution in [3.8, 4) is 56.7 Å². The van der Waals surface area contributed by atoms with Crippen LogP contribution >= 0.6 is 0 Å². The Kier molecular flexibility index (Phi) is 7.20. The standard InChI is InChI=1S/C54H37N5/c1-54(2)45-25-12-9-22-39(45)44-33-37(28-31-46(44)54)52-55-51(35-18-7-4-8-19-35)56-53(57-52)59-48-27-14-11-24-41(48)43-30-29-42-40-23-10-13-26-47(40)58(49(42)50(43)59)38-21-15-20-36(32-38)34-16-5-3-6-17-34/h3-33H,1-2H3. The minimum absolute atomic E-state index is 0.0999. The average Bonchev–Trinajstić information content (AvgIpc) is 3.90. The van der Waals surface area contributed by atoms with E-state index in [1.54, 1.807) is 0 Å². The van der Waals surface area contributed by atoms with Gasteiger partial charge in [0.25, 0.3) is 0 Å². The number of benzene rings is 8. The van der Waals surface area contributed by atoms with E-state index in [4.69, 9.17) is 15.0 Å². The molecule has 0 spiro atoms. The highest BCUT2D eigenvalue weighted by Gasteiger charge is 2.35. The molecule has 59 heavy (non-hydrogen) atoms. The van der Waals surface area contributed by atoms with Gasteiger partial charge in [-0.1, -0.05) is 172 Å². The summed E-state index contributed by atoms with van der Waals surface area (Å²) in [5, 5.41) is 4.63. The third-order valence-corrected chi connectivity index (χ3v) is 12.4.